The second kappa shape index (κ2) is 12.9. The summed E-state index contributed by atoms with van der Waals surface area (Å²) >= 11 is 1.67. The van der Waals surface area contributed by atoms with Crippen LogP contribution in [0, 0.1) is 5.41 Å². The van der Waals surface area contributed by atoms with Crippen LogP contribution in [0.25, 0.3) is 6.08 Å². The number of rotatable bonds is 11. The van der Waals surface area contributed by atoms with Crippen molar-refractivity contribution in [2.45, 2.75) is 71.1 Å². The highest BCUT2D eigenvalue weighted by atomic mass is 32.2. The molecule has 0 saturated carbocycles. The number of anilines is 1. The molecular formula is C32H43NO3S. The Balaban J connectivity index is 1.98. The molecule has 0 aromatic heterocycles. The normalized spacial score (nSPS) is 15.9. The lowest BCUT2D eigenvalue weighted by Gasteiger charge is -2.31. The number of benzene rings is 2. The largest absolute Gasteiger partial charge is 0.395 e. The van der Waals surface area contributed by atoms with E-state index in [4.69, 9.17) is 0 Å². The molecule has 2 aromatic carbocycles. The molecule has 5 heteroatoms. The minimum absolute atomic E-state index is 0.0402. The third kappa shape index (κ3) is 7.59. The summed E-state index contributed by atoms with van der Waals surface area (Å²) < 4.78 is 0. The van der Waals surface area contributed by atoms with Crippen LogP contribution >= 0.6 is 11.8 Å². The molecule has 0 amide bonds. The fourth-order valence-electron chi connectivity index (χ4n) is 4.92. The first kappa shape index (κ1) is 29.2. The van der Waals surface area contributed by atoms with Gasteiger partial charge in [-0.05, 0) is 58.1 Å². The highest BCUT2D eigenvalue weighted by Crippen LogP contribution is 2.46. The number of aliphatic hydroxyl groups is 2. The average Bonchev–Trinajstić information content (AvgIpc) is 2.84. The molecular weight excluding hydrogens is 478 g/mol. The van der Waals surface area contributed by atoms with Crippen LogP contribution in [0.1, 0.15) is 82.9 Å². The lowest BCUT2D eigenvalue weighted by Crippen LogP contribution is -2.29. The van der Waals surface area contributed by atoms with Crippen molar-refractivity contribution in [3.63, 3.8) is 0 Å². The lowest BCUT2D eigenvalue weighted by atomic mass is 9.76. The van der Waals surface area contributed by atoms with E-state index in [-0.39, 0.29) is 24.4 Å². The molecule has 0 saturated heterocycles. The summed E-state index contributed by atoms with van der Waals surface area (Å²) in [6.45, 7) is 14.3. The summed E-state index contributed by atoms with van der Waals surface area (Å²) in [4.78, 5) is 17.6. The molecule has 0 aliphatic heterocycles. The zero-order chi connectivity index (χ0) is 27.2. The van der Waals surface area contributed by atoms with Crippen molar-refractivity contribution >= 4 is 29.3 Å². The summed E-state index contributed by atoms with van der Waals surface area (Å²) in [5.74, 6) is 0.990. The number of carbonyl (C=O) groups excluding carboxylic acids is 1. The van der Waals surface area contributed by atoms with Crippen molar-refractivity contribution in [2.75, 3.05) is 31.2 Å². The first-order valence-corrected chi connectivity index (χ1v) is 14.2. The maximum atomic E-state index is 13.5. The number of nitrogens with zero attached hydrogens (tertiary/aromatic N) is 1. The van der Waals surface area contributed by atoms with Crippen molar-refractivity contribution in [3.8, 4) is 0 Å². The smallest absolute Gasteiger partial charge is 0.170 e. The van der Waals surface area contributed by atoms with Gasteiger partial charge >= 0.3 is 0 Å². The Kier molecular flexibility index (Phi) is 10.2. The van der Waals surface area contributed by atoms with Crippen molar-refractivity contribution in [1.82, 2.24) is 0 Å². The van der Waals surface area contributed by atoms with Crippen LogP contribution in [0.3, 0.4) is 0 Å². The van der Waals surface area contributed by atoms with Gasteiger partial charge in [0.15, 0.2) is 5.78 Å². The monoisotopic (exact) mass is 521 g/mol. The molecule has 0 unspecified atom stereocenters. The predicted octanol–water partition coefficient (Wildman–Crippen LogP) is 7.17. The third-order valence-electron chi connectivity index (χ3n) is 6.85. The molecule has 2 aromatic rings. The van der Waals surface area contributed by atoms with Crippen molar-refractivity contribution in [2.24, 2.45) is 5.41 Å². The van der Waals surface area contributed by atoms with E-state index in [1.165, 1.54) is 16.0 Å². The molecule has 0 fully saturated rings. The predicted molar refractivity (Wildman–Crippen MR) is 157 cm³/mol. The van der Waals surface area contributed by atoms with Gasteiger partial charge in [0.05, 0.1) is 18.1 Å². The van der Waals surface area contributed by atoms with Gasteiger partial charge in [0.1, 0.15) is 0 Å². The van der Waals surface area contributed by atoms with Gasteiger partial charge in [0.2, 0.25) is 0 Å². The van der Waals surface area contributed by atoms with E-state index >= 15 is 0 Å². The Bertz CT molecular complexity index is 1100. The Morgan fingerprint density at radius 1 is 0.892 bits per heavy atom. The molecule has 0 radical (unpaired) electrons. The topological polar surface area (TPSA) is 60.8 Å². The van der Waals surface area contributed by atoms with Gasteiger partial charge in [-0.15, -0.1) is 0 Å². The second-order valence-electron chi connectivity index (χ2n) is 11.3. The SMILES string of the molecule is CC(C)c1cccc(C(C)C)c1SC1=C(/C=C/c2ccc(N(CCO)CCO)cc2)CC(C)(C)CC1=O. The Hall–Kier alpha value is -2.34. The average molecular weight is 522 g/mol. The molecule has 3 rings (SSSR count). The lowest BCUT2D eigenvalue weighted by molar-refractivity contribution is -0.117. The van der Waals surface area contributed by atoms with Crippen LogP contribution in [0.5, 0.6) is 0 Å². The molecule has 2 N–H and O–H groups in total. The molecule has 1 aliphatic carbocycles. The molecule has 37 heavy (non-hydrogen) atoms. The van der Waals surface area contributed by atoms with Gasteiger partial charge in [-0.3, -0.25) is 4.79 Å². The zero-order valence-corrected chi connectivity index (χ0v) is 24.1. The minimum atomic E-state index is -0.0712. The van der Waals surface area contributed by atoms with Crippen LogP contribution in [-0.4, -0.2) is 42.3 Å². The van der Waals surface area contributed by atoms with Gasteiger partial charge in [-0.2, -0.15) is 0 Å². The molecule has 4 nitrogen and oxygen atoms in total. The Morgan fingerprint density at radius 3 is 1.97 bits per heavy atom. The number of aliphatic hydroxyl groups excluding tert-OH is 2. The summed E-state index contributed by atoms with van der Waals surface area (Å²) in [7, 11) is 0. The van der Waals surface area contributed by atoms with Gasteiger partial charge in [-0.25, -0.2) is 0 Å². The standard InChI is InChI=1S/C32H43NO3S/c1-22(2)27-8-7-9-28(23(3)4)31(27)37-30-25(20-32(5,6)21-29(30)36)13-10-24-11-14-26(15-12-24)33(16-18-34)17-19-35/h7-15,22-23,34-35H,16-21H2,1-6H3/b13-10+. The summed E-state index contributed by atoms with van der Waals surface area (Å²) in [5, 5.41) is 18.7. The first-order chi connectivity index (χ1) is 17.6. The molecule has 200 valence electrons. The van der Waals surface area contributed by atoms with E-state index in [9.17, 15) is 15.0 Å². The highest BCUT2D eigenvalue weighted by molar-refractivity contribution is 8.04. The number of Topliss-reactive ketones (excluding diaryl/α,β-unsaturated/α-hetero) is 1. The van der Waals surface area contributed by atoms with E-state index in [0.717, 1.165) is 28.1 Å². The van der Waals surface area contributed by atoms with Crippen molar-refractivity contribution < 1.29 is 15.0 Å². The minimum Gasteiger partial charge on any atom is -0.395 e. The maximum Gasteiger partial charge on any atom is 0.170 e. The fraction of sp³-hybridized carbons (Fsp3) is 0.469. The Morgan fingerprint density at radius 2 is 1.46 bits per heavy atom. The number of thioether (sulfide) groups is 1. The maximum absolute atomic E-state index is 13.5. The first-order valence-electron chi connectivity index (χ1n) is 13.4. The summed E-state index contributed by atoms with van der Waals surface area (Å²) in [5.41, 5.74) is 5.65. The van der Waals surface area contributed by atoms with Crippen LogP contribution in [-0.2, 0) is 4.79 Å². The molecule has 0 spiro atoms. The van der Waals surface area contributed by atoms with Gasteiger partial charge in [-0.1, -0.05) is 95.8 Å². The van der Waals surface area contributed by atoms with Crippen LogP contribution in [0.4, 0.5) is 5.69 Å². The van der Waals surface area contributed by atoms with E-state index in [0.29, 0.717) is 31.3 Å². The third-order valence-corrected chi connectivity index (χ3v) is 8.22. The number of allylic oxidation sites excluding steroid dienone is 3. The van der Waals surface area contributed by atoms with E-state index in [1.54, 1.807) is 11.8 Å². The van der Waals surface area contributed by atoms with Gasteiger partial charge < -0.3 is 15.1 Å². The number of hydrogen-bond donors (Lipinski definition) is 2. The molecule has 1 aliphatic rings. The van der Waals surface area contributed by atoms with Crippen LogP contribution < -0.4 is 4.90 Å². The number of carbonyl (C=O) groups is 1. The van der Waals surface area contributed by atoms with Gasteiger partial charge in [0, 0.05) is 30.1 Å². The van der Waals surface area contributed by atoms with Crippen LogP contribution in [0.15, 0.2) is 63.9 Å². The molecule has 0 bridgehead atoms. The van der Waals surface area contributed by atoms with Crippen molar-refractivity contribution in [1.29, 1.82) is 0 Å². The second-order valence-corrected chi connectivity index (χ2v) is 12.4. The quantitative estimate of drug-likeness (QED) is 0.328. The summed E-state index contributed by atoms with van der Waals surface area (Å²) in [6, 6.07) is 14.7. The van der Waals surface area contributed by atoms with E-state index in [1.807, 2.05) is 29.2 Å². The highest BCUT2D eigenvalue weighted by Gasteiger charge is 2.33. The van der Waals surface area contributed by atoms with E-state index < -0.39 is 0 Å². The van der Waals surface area contributed by atoms with Crippen LogP contribution in [0.2, 0.25) is 0 Å². The van der Waals surface area contributed by atoms with E-state index in [2.05, 4.69) is 71.9 Å². The Labute approximate surface area is 227 Å². The number of ketones is 1. The molecule has 0 atom stereocenters. The number of hydrogen-bond acceptors (Lipinski definition) is 5. The zero-order valence-electron chi connectivity index (χ0n) is 23.3. The fourth-order valence-corrected chi connectivity index (χ4v) is 6.42. The van der Waals surface area contributed by atoms with Gasteiger partial charge in [0.25, 0.3) is 0 Å². The summed E-state index contributed by atoms with van der Waals surface area (Å²) in [6.07, 6.45) is 5.64. The van der Waals surface area contributed by atoms with Crippen molar-refractivity contribution in [3.05, 3.63) is 75.7 Å². The molecule has 0 heterocycles.